The van der Waals surface area contributed by atoms with Crippen LogP contribution in [0.15, 0.2) is 29.4 Å². The maximum Gasteiger partial charge on any atom is 0.255 e. The molecular formula is C16H23N3O4S. The Kier molecular flexibility index (Phi) is 6.33. The number of carbonyl (C=O) groups excluding carboxylic acids is 1. The molecule has 0 radical (unpaired) electrons. The average Bonchev–Trinajstić information content (AvgIpc) is 2.52. The van der Waals surface area contributed by atoms with Crippen LogP contribution in [0.1, 0.15) is 37.7 Å². The maximum absolute atomic E-state index is 12.0. The Morgan fingerprint density at radius 1 is 1.38 bits per heavy atom. The van der Waals surface area contributed by atoms with E-state index in [-0.39, 0.29) is 18.3 Å². The van der Waals surface area contributed by atoms with Gasteiger partial charge in [-0.05, 0) is 30.5 Å². The number of sulfonamides is 1. The van der Waals surface area contributed by atoms with Crippen molar-refractivity contribution in [2.45, 2.75) is 38.1 Å². The van der Waals surface area contributed by atoms with Crippen molar-refractivity contribution in [2.75, 3.05) is 12.8 Å². The van der Waals surface area contributed by atoms with Crippen molar-refractivity contribution in [3.05, 3.63) is 29.8 Å². The van der Waals surface area contributed by atoms with E-state index < -0.39 is 15.9 Å². The number of phenols is 1. The predicted octanol–water partition coefficient (Wildman–Crippen LogP) is 1.44. The zero-order valence-electron chi connectivity index (χ0n) is 13.7. The van der Waals surface area contributed by atoms with Gasteiger partial charge in [0.2, 0.25) is 10.0 Å². The van der Waals surface area contributed by atoms with Crippen LogP contribution in [0.3, 0.4) is 0 Å². The Balaban J connectivity index is 1.95. The second-order valence-electron chi connectivity index (χ2n) is 5.99. The van der Waals surface area contributed by atoms with Crippen molar-refractivity contribution in [1.29, 1.82) is 0 Å². The molecule has 1 amide bonds. The van der Waals surface area contributed by atoms with Gasteiger partial charge in [-0.25, -0.2) is 13.8 Å². The molecule has 0 atom stereocenters. The lowest BCUT2D eigenvalue weighted by Crippen LogP contribution is -2.45. The zero-order chi connectivity index (χ0) is 17.6. The highest BCUT2D eigenvalue weighted by Gasteiger charge is 2.29. The molecule has 0 saturated heterocycles. The summed E-state index contributed by atoms with van der Waals surface area (Å²) in [6, 6.07) is 6.30. The number of benzene rings is 1. The van der Waals surface area contributed by atoms with E-state index >= 15 is 0 Å². The minimum absolute atomic E-state index is 0.103. The van der Waals surface area contributed by atoms with Gasteiger partial charge in [-0.15, -0.1) is 0 Å². The molecule has 2 N–H and O–H groups in total. The summed E-state index contributed by atoms with van der Waals surface area (Å²) in [5.41, 5.74) is 2.96. The standard InChI is InChI=1S/C16H23N3O4S/c1-24(22,23)19(14-7-3-2-4-8-14)12-16(21)18-17-11-13-6-5-9-15(20)10-13/h5-6,9-11,14,20H,2-4,7-8,12H2,1H3,(H,18,21). The largest absolute Gasteiger partial charge is 0.508 e. The van der Waals surface area contributed by atoms with Gasteiger partial charge >= 0.3 is 0 Å². The maximum atomic E-state index is 12.0. The highest BCUT2D eigenvalue weighted by Crippen LogP contribution is 2.24. The molecule has 1 aliphatic rings. The predicted molar refractivity (Wildman–Crippen MR) is 92.3 cm³/mol. The van der Waals surface area contributed by atoms with Gasteiger partial charge in [0.15, 0.2) is 0 Å². The monoisotopic (exact) mass is 353 g/mol. The van der Waals surface area contributed by atoms with Crippen LogP contribution in [-0.2, 0) is 14.8 Å². The molecule has 24 heavy (non-hydrogen) atoms. The molecule has 132 valence electrons. The zero-order valence-corrected chi connectivity index (χ0v) is 14.5. The molecule has 0 heterocycles. The Bertz CT molecular complexity index is 697. The van der Waals surface area contributed by atoms with Gasteiger partial charge in [-0.3, -0.25) is 4.79 Å². The van der Waals surface area contributed by atoms with Gasteiger partial charge in [0.05, 0.1) is 19.0 Å². The summed E-state index contributed by atoms with van der Waals surface area (Å²) in [5, 5.41) is 13.2. The first-order chi connectivity index (χ1) is 11.4. The molecule has 1 aromatic rings. The van der Waals surface area contributed by atoms with Crippen molar-refractivity contribution in [3.8, 4) is 5.75 Å². The normalized spacial score (nSPS) is 16.6. The van der Waals surface area contributed by atoms with Crippen molar-refractivity contribution in [2.24, 2.45) is 5.10 Å². The molecule has 2 rings (SSSR count). The van der Waals surface area contributed by atoms with Crippen LogP contribution < -0.4 is 5.43 Å². The van der Waals surface area contributed by atoms with E-state index in [2.05, 4.69) is 10.5 Å². The SMILES string of the molecule is CS(=O)(=O)N(CC(=O)NN=Cc1cccc(O)c1)C1CCCCC1. The number of amides is 1. The van der Waals surface area contributed by atoms with E-state index in [0.717, 1.165) is 38.4 Å². The smallest absolute Gasteiger partial charge is 0.255 e. The fourth-order valence-electron chi connectivity index (χ4n) is 2.85. The summed E-state index contributed by atoms with van der Waals surface area (Å²) in [7, 11) is -3.45. The van der Waals surface area contributed by atoms with E-state index in [4.69, 9.17) is 0 Å². The van der Waals surface area contributed by atoms with Gasteiger partial charge in [-0.2, -0.15) is 9.41 Å². The summed E-state index contributed by atoms with van der Waals surface area (Å²) < 4.78 is 25.2. The van der Waals surface area contributed by atoms with Crippen LogP contribution in [0.2, 0.25) is 0 Å². The fourth-order valence-corrected chi connectivity index (χ4v) is 3.95. The van der Waals surface area contributed by atoms with Gasteiger partial charge in [0, 0.05) is 6.04 Å². The van der Waals surface area contributed by atoms with E-state index in [1.807, 2.05) is 0 Å². The molecule has 7 nitrogen and oxygen atoms in total. The van der Waals surface area contributed by atoms with E-state index in [0.29, 0.717) is 5.56 Å². The number of rotatable bonds is 6. The van der Waals surface area contributed by atoms with Crippen molar-refractivity contribution >= 4 is 22.1 Å². The number of hydrazone groups is 1. The van der Waals surface area contributed by atoms with E-state index in [9.17, 15) is 18.3 Å². The van der Waals surface area contributed by atoms with Crippen LogP contribution in [0.4, 0.5) is 0 Å². The number of nitrogens with one attached hydrogen (secondary N) is 1. The molecule has 1 aromatic carbocycles. The Labute approximate surface area is 142 Å². The third-order valence-electron chi connectivity index (χ3n) is 3.98. The van der Waals surface area contributed by atoms with Crippen molar-refractivity contribution in [1.82, 2.24) is 9.73 Å². The second kappa shape index (κ2) is 8.25. The number of carbonyl (C=O) groups is 1. The number of phenolic OH excluding ortho intramolecular Hbond substituents is 1. The summed E-state index contributed by atoms with van der Waals surface area (Å²) in [6.07, 6.45) is 7.16. The first-order valence-corrected chi connectivity index (χ1v) is 9.79. The third kappa shape index (κ3) is 5.61. The minimum Gasteiger partial charge on any atom is -0.508 e. The lowest BCUT2D eigenvalue weighted by atomic mass is 9.95. The number of aromatic hydroxyl groups is 1. The minimum atomic E-state index is -3.45. The summed E-state index contributed by atoms with van der Waals surface area (Å²) in [6.45, 7) is -0.235. The molecular weight excluding hydrogens is 330 g/mol. The molecule has 8 heteroatoms. The summed E-state index contributed by atoms with van der Waals surface area (Å²) >= 11 is 0. The number of hydrogen-bond acceptors (Lipinski definition) is 5. The Morgan fingerprint density at radius 2 is 2.08 bits per heavy atom. The molecule has 1 saturated carbocycles. The molecule has 1 aliphatic carbocycles. The molecule has 0 bridgehead atoms. The van der Waals surface area contributed by atoms with Gasteiger partial charge in [0.25, 0.3) is 5.91 Å². The van der Waals surface area contributed by atoms with Crippen molar-refractivity contribution < 1.29 is 18.3 Å². The molecule has 0 spiro atoms. The lowest BCUT2D eigenvalue weighted by molar-refractivity contribution is -0.121. The quantitative estimate of drug-likeness (QED) is 0.597. The van der Waals surface area contributed by atoms with Crippen LogP contribution >= 0.6 is 0 Å². The molecule has 0 aliphatic heterocycles. The van der Waals surface area contributed by atoms with E-state index in [1.54, 1.807) is 12.1 Å². The van der Waals surface area contributed by atoms with Crippen LogP contribution in [0, 0.1) is 0 Å². The number of hydrogen-bond donors (Lipinski definition) is 2. The van der Waals surface area contributed by atoms with Crippen molar-refractivity contribution in [3.63, 3.8) is 0 Å². The first-order valence-electron chi connectivity index (χ1n) is 7.94. The van der Waals surface area contributed by atoms with Crippen LogP contribution in [-0.4, -0.2) is 48.8 Å². The van der Waals surface area contributed by atoms with Crippen LogP contribution in [0.5, 0.6) is 5.75 Å². The topological polar surface area (TPSA) is 99.1 Å². The number of nitrogens with zero attached hydrogens (tertiary/aromatic N) is 2. The molecule has 1 fully saturated rings. The summed E-state index contributed by atoms with van der Waals surface area (Å²) in [4.78, 5) is 12.0. The Morgan fingerprint density at radius 3 is 2.71 bits per heavy atom. The molecule has 0 aromatic heterocycles. The molecule has 0 unspecified atom stereocenters. The third-order valence-corrected chi connectivity index (χ3v) is 5.26. The summed E-state index contributed by atoms with van der Waals surface area (Å²) in [5.74, 6) is -0.381. The lowest BCUT2D eigenvalue weighted by Gasteiger charge is -2.31. The first kappa shape index (κ1) is 18.4. The van der Waals surface area contributed by atoms with Gasteiger partial charge in [-0.1, -0.05) is 31.4 Å². The van der Waals surface area contributed by atoms with Crippen LogP contribution in [0.25, 0.3) is 0 Å². The van der Waals surface area contributed by atoms with Gasteiger partial charge in [0.1, 0.15) is 5.75 Å². The highest BCUT2D eigenvalue weighted by molar-refractivity contribution is 7.88. The second-order valence-corrected chi connectivity index (χ2v) is 7.92. The Hall–Kier alpha value is -1.93. The van der Waals surface area contributed by atoms with E-state index in [1.165, 1.54) is 22.7 Å². The highest BCUT2D eigenvalue weighted by atomic mass is 32.2. The fraction of sp³-hybridized carbons (Fsp3) is 0.500. The average molecular weight is 353 g/mol. The van der Waals surface area contributed by atoms with Gasteiger partial charge < -0.3 is 5.11 Å².